The Hall–Kier alpha value is -2.79. The van der Waals surface area contributed by atoms with Crippen molar-refractivity contribution in [3.63, 3.8) is 0 Å². The molecule has 1 aliphatic heterocycles. The van der Waals surface area contributed by atoms with Crippen molar-refractivity contribution in [1.82, 2.24) is 4.90 Å². The summed E-state index contributed by atoms with van der Waals surface area (Å²) in [6, 6.07) is 18.0. The van der Waals surface area contributed by atoms with E-state index in [1.807, 2.05) is 25.2 Å². The molecule has 152 valence electrons. The fourth-order valence-corrected chi connectivity index (χ4v) is 4.22. The Morgan fingerprint density at radius 3 is 2.48 bits per heavy atom. The van der Waals surface area contributed by atoms with Crippen LogP contribution < -0.4 is 15.8 Å². The smallest absolute Gasteiger partial charge is 0.336 e. The molecule has 0 bridgehead atoms. The molecule has 5 heteroatoms. The van der Waals surface area contributed by atoms with E-state index < -0.39 is 0 Å². The lowest BCUT2D eigenvalue weighted by Crippen LogP contribution is -2.46. The highest BCUT2D eigenvalue weighted by Gasteiger charge is 2.16. The fraction of sp³-hybridized carbons (Fsp3) is 0.375. The zero-order chi connectivity index (χ0) is 20.1. The summed E-state index contributed by atoms with van der Waals surface area (Å²) in [6.45, 7) is 5.57. The van der Waals surface area contributed by atoms with Gasteiger partial charge >= 0.3 is 5.63 Å². The minimum atomic E-state index is -0.296. The highest BCUT2D eigenvalue weighted by atomic mass is 16.4. The molecule has 0 saturated carbocycles. The van der Waals surface area contributed by atoms with Crippen LogP contribution in [-0.2, 0) is 6.42 Å². The van der Waals surface area contributed by atoms with Crippen LogP contribution in [0.1, 0.15) is 18.4 Å². The van der Waals surface area contributed by atoms with Crippen molar-refractivity contribution < 1.29 is 4.42 Å². The van der Waals surface area contributed by atoms with Crippen LogP contribution in [0.2, 0.25) is 0 Å². The van der Waals surface area contributed by atoms with Crippen molar-refractivity contribution in [2.24, 2.45) is 0 Å². The lowest BCUT2D eigenvalue weighted by molar-refractivity contribution is 0.253. The molecule has 0 aliphatic carbocycles. The quantitative estimate of drug-likeness (QED) is 0.488. The Bertz CT molecular complexity index is 992. The third-order valence-corrected chi connectivity index (χ3v) is 5.83. The first-order chi connectivity index (χ1) is 14.2. The molecular weight excluding hydrogens is 362 g/mol. The van der Waals surface area contributed by atoms with E-state index in [2.05, 4.69) is 45.4 Å². The van der Waals surface area contributed by atoms with Gasteiger partial charge in [-0.25, -0.2) is 4.79 Å². The average Bonchev–Trinajstić information content (AvgIpc) is 2.77. The topological polar surface area (TPSA) is 48.7 Å². The first-order valence-electron chi connectivity index (χ1n) is 10.5. The second-order valence-corrected chi connectivity index (χ2v) is 7.63. The molecule has 1 aromatic heterocycles. The number of piperazine rings is 1. The monoisotopic (exact) mass is 391 g/mol. The number of para-hydroxylation sites is 1. The normalized spacial score (nSPS) is 15.0. The molecule has 1 fully saturated rings. The Labute approximate surface area is 171 Å². The van der Waals surface area contributed by atoms with Gasteiger partial charge in [-0.15, -0.1) is 0 Å². The van der Waals surface area contributed by atoms with Crippen LogP contribution in [0.3, 0.4) is 0 Å². The van der Waals surface area contributed by atoms with Crippen molar-refractivity contribution in [2.45, 2.75) is 19.3 Å². The summed E-state index contributed by atoms with van der Waals surface area (Å²) in [5.41, 5.74) is 4.05. The number of unbranched alkanes of at least 4 members (excludes halogenated alkanes) is 1. The molecule has 0 spiro atoms. The van der Waals surface area contributed by atoms with Crippen molar-refractivity contribution in [3.8, 4) is 0 Å². The van der Waals surface area contributed by atoms with Gasteiger partial charge in [-0.1, -0.05) is 18.2 Å². The van der Waals surface area contributed by atoms with Gasteiger partial charge in [0.2, 0.25) is 0 Å². The standard InChI is InChI=1S/C24H29N3O2/c1-25-22-11-12-23-21(10-13-24(28)29-23)20(22)9-5-6-14-26-15-17-27(18-16-26)19-7-3-2-4-8-19/h2-4,7-8,10-13,25H,5-6,9,14-18H2,1H3. The third kappa shape index (κ3) is 4.62. The van der Waals surface area contributed by atoms with Gasteiger partial charge < -0.3 is 14.6 Å². The van der Waals surface area contributed by atoms with Gasteiger partial charge in [0.25, 0.3) is 0 Å². The Kier molecular flexibility index (Phi) is 6.15. The molecule has 29 heavy (non-hydrogen) atoms. The number of nitrogens with zero attached hydrogens (tertiary/aromatic N) is 2. The number of anilines is 2. The second-order valence-electron chi connectivity index (χ2n) is 7.63. The van der Waals surface area contributed by atoms with Crippen LogP contribution in [0, 0.1) is 0 Å². The number of benzene rings is 2. The zero-order valence-corrected chi connectivity index (χ0v) is 17.1. The predicted molar refractivity (Wildman–Crippen MR) is 120 cm³/mol. The van der Waals surface area contributed by atoms with E-state index in [0.717, 1.165) is 56.6 Å². The molecule has 2 heterocycles. The first-order valence-corrected chi connectivity index (χ1v) is 10.5. The maximum atomic E-state index is 11.5. The van der Waals surface area contributed by atoms with Crippen LogP contribution in [0.4, 0.5) is 11.4 Å². The molecular formula is C24H29N3O2. The lowest BCUT2D eigenvalue weighted by Gasteiger charge is -2.36. The number of hydrogen-bond acceptors (Lipinski definition) is 5. The van der Waals surface area contributed by atoms with Crippen LogP contribution in [0.25, 0.3) is 11.0 Å². The molecule has 5 nitrogen and oxygen atoms in total. The molecule has 3 aromatic rings. The number of fused-ring (bicyclic) bond motifs is 1. The molecule has 1 aliphatic rings. The summed E-state index contributed by atoms with van der Waals surface area (Å²) in [6.07, 6.45) is 3.26. The highest BCUT2D eigenvalue weighted by Crippen LogP contribution is 2.27. The van der Waals surface area contributed by atoms with E-state index in [0.29, 0.717) is 5.58 Å². The summed E-state index contributed by atoms with van der Waals surface area (Å²) in [5, 5.41) is 4.31. The van der Waals surface area contributed by atoms with Gasteiger partial charge in [-0.05, 0) is 61.7 Å². The average molecular weight is 392 g/mol. The molecule has 4 rings (SSSR count). The maximum absolute atomic E-state index is 11.5. The van der Waals surface area contributed by atoms with Crippen molar-refractivity contribution >= 4 is 22.3 Å². The molecule has 1 saturated heterocycles. The first kappa shape index (κ1) is 19.5. The number of rotatable bonds is 7. The summed E-state index contributed by atoms with van der Waals surface area (Å²) in [7, 11) is 1.94. The van der Waals surface area contributed by atoms with Gasteiger partial charge in [0.05, 0.1) is 0 Å². The van der Waals surface area contributed by atoms with E-state index >= 15 is 0 Å². The molecule has 0 unspecified atom stereocenters. The van der Waals surface area contributed by atoms with Gasteiger partial charge in [0, 0.05) is 56.1 Å². The van der Waals surface area contributed by atoms with Crippen LogP contribution in [0.5, 0.6) is 0 Å². The fourth-order valence-electron chi connectivity index (χ4n) is 4.22. The minimum Gasteiger partial charge on any atom is -0.423 e. The molecule has 1 N–H and O–H groups in total. The molecule has 0 amide bonds. The van der Waals surface area contributed by atoms with Gasteiger partial charge in [0.1, 0.15) is 5.58 Å². The van der Waals surface area contributed by atoms with Crippen molar-refractivity contribution in [3.05, 3.63) is 70.6 Å². The number of aryl methyl sites for hydroxylation is 1. The van der Waals surface area contributed by atoms with Crippen molar-refractivity contribution in [1.29, 1.82) is 0 Å². The van der Waals surface area contributed by atoms with E-state index in [1.54, 1.807) is 0 Å². The minimum absolute atomic E-state index is 0.296. The lowest BCUT2D eigenvalue weighted by atomic mass is 10.0. The summed E-state index contributed by atoms with van der Waals surface area (Å²) < 4.78 is 5.35. The second kappa shape index (κ2) is 9.14. The SMILES string of the molecule is CNc1ccc2oc(=O)ccc2c1CCCCN1CCN(c2ccccc2)CC1. The van der Waals surface area contributed by atoms with Gasteiger partial charge in [-0.2, -0.15) is 0 Å². The summed E-state index contributed by atoms with van der Waals surface area (Å²) in [5.74, 6) is 0. The van der Waals surface area contributed by atoms with Gasteiger partial charge in [-0.3, -0.25) is 4.90 Å². The van der Waals surface area contributed by atoms with E-state index in [-0.39, 0.29) is 5.63 Å². The molecule has 0 atom stereocenters. The van der Waals surface area contributed by atoms with Gasteiger partial charge in [0.15, 0.2) is 0 Å². The van der Waals surface area contributed by atoms with E-state index in [4.69, 9.17) is 4.42 Å². The summed E-state index contributed by atoms with van der Waals surface area (Å²) in [4.78, 5) is 16.5. The number of hydrogen-bond donors (Lipinski definition) is 1. The zero-order valence-electron chi connectivity index (χ0n) is 17.1. The van der Waals surface area contributed by atoms with Crippen LogP contribution in [-0.4, -0.2) is 44.7 Å². The third-order valence-electron chi connectivity index (χ3n) is 5.83. The highest BCUT2D eigenvalue weighted by molar-refractivity contribution is 5.85. The summed E-state index contributed by atoms with van der Waals surface area (Å²) >= 11 is 0. The Morgan fingerprint density at radius 1 is 0.931 bits per heavy atom. The largest absolute Gasteiger partial charge is 0.423 e. The predicted octanol–water partition coefficient (Wildman–Crippen LogP) is 3.98. The number of nitrogens with one attached hydrogen (secondary N) is 1. The Morgan fingerprint density at radius 2 is 1.72 bits per heavy atom. The van der Waals surface area contributed by atoms with Crippen LogP contribution in [0.15, 0.2) is 63.8 Å². The van der Waals surface area contributed by atoms with Crippen molar-refractivity contribution in [2.75, 3.05) is 50.0 Å². The van der Waals surface area contributed by atoms with E-state index in [1.165, 1.54) is 23.7 Å². The Balaban J connectivity index is 1.30. The van der Waals surface area contributed by atoms with E-state index in [9.17, 15) is 4.79 Å². The molecule has 2 aromatic carbocycles. The van der Waals surface area contributed by atoms with Crippen LogP contribution >= 0.6 is 0 Å². The molecule has 0 radical (unpaired) electrons. The maximum Gasteiger partial charge on any atom is 0.336 e.